The molecule has 26 heavy (non-hydrogen) atoms. The smallest absolute Gasteiger partial charge is 0.305 e. The van der Waals surface area contributed by atoms with Gasteiger partial charge in [-0.15, -0.1) is 0 Å². The zero-order chi connectivity index (χ0) is 19.1. The largest absolute Gasteiger partial charge is 0.464 e. The molecule has 0 bridgehead atoms. The van der Waals surface area contributed by atoms with Crippen LogP contribution < -0.4 is 10.9 Å². The average Bonchev–Trinajstić information content (AvgIpc) is 3.06. The number of aromatic nitrogens is 3. The molecule has 2 aromatic rings. The number of hydrogen-bond acceptors (Lipinski definition) is 7. The van der Waals surface area contributed by atoms with Crippen LogP contribution >= 0.6 is 0 Å². The normalized spacial score (nSPS) is 24.5. The monoisotopic (exact) mass is 370 g/mol. The van der Waals surface area contributed by atoms with Crippen molar-refractivity contribution in [3.63, 3.8) is 0 Å². The average molecular weight is 370 g/mol. The van der Waals surface area contributed by atoms with E-state index >= 15 is 0 Å². The summed E-state index contributed by atoms with van der Waals surface area (Å²) >= 11 is 0. The summed E-state index contributed by atoms with van der Waals surface area (Å²) in [6, 6.07) is -2.73. The number of esters is 2. The number of nitrogens with one attached hydrogen (secondary N) is 3. The fourth-order valence-electron chi connectivity index (χ4n) is 3.02. The van der Waals surface area contributed by atoms with Crippen molar-refractivity contribution in [2.45, 2.75) is 38.0 Å². The van der Waals surface area contributed by atoms with E-state index in [2.05, 4.69) is 20.3 Å². The van der Waals surface area contributed by atoms with Gasteiger partial charge in [-0.25, -0.2) is 13.8 Å². The molecule has 1 saturated heterocycles. The molecule has 3 N–H and O–H groups in total. The summed E-state index contributed by atoms with van der Waals surface area (Å²) in [6.45, 7) is 1.75. The van der Waals surface area contributed by atoms with Crippen molar-refractivity contribution in [2.75, 3.05) is 6.61 Å². The molecule has 0 radical (unpaired) electrons. The van der Waals surface area contributed by atoms with Crippen LogP contribution in [0.15, 0.2) is 17.3 Å². The van der Waals surface area contributed by atoms with Crippen LogP contribution in [0.2, 0.25) is 0 Å². The van der Waals surface area contributed by atoms with E-state index in [9.17, 15) is 23.2 Å². The Balaban J connectivity index is 2.00. The minimum atomic E-state index is -3.53. The quantitative estimate of drug-likeness (QED) is 0.665. The van der Waals surface area contributed by atoms with E-state index in [-0.39, 0.29) is 16.6 Å². The van der Waals surface area contributed by atoms with Gasteiger partial charge in [0, 0.05) is 25.6 Å². The fourth-order valence-corrected chi connectivity index (χ4v) is 3.02. The molecule has 3 atom stereocenters. The van der Waals surface area contributed by atoms with Gasteiger partial charge in [-0.3, -0.25) is 19.7 Å². The SMILES string of the molecule is CC(=O)OCC1NC(c2c[nH]c3c(=O)[nH]cnc23)C(F)(F)C1OC(C)=O. The number of nitrogens with zero attached hydrogens (tertiary/aromatic N) is 1. The van der Waals surface area contributed by atoms with Crippen molar-refractivity contribution >= 4 is 23.0 Å². The lowest BCUT2D eigenvalue weighted by Crippen LogP contribution is -2.43. The van der Waals surface area contributed by atoms with Crippen LogP contribution in [0.3, 0.4) is 0 Å². The van der Waals surface area contributed by atoms with E-state index in [1.165, 1.54) is 6.20 Å². The van der Waals surface area contributed by atoms with E-state index in [4.69, 9.17) is 9.47 Å². The Labute approximate surface area is 145 Å². The Morgan fingerprint density at radius 1 is 1.27 bits per heavy atom. The van der Waals surface area contributed by atoms with Gasteiger partial charge >= 0.3 is 17.9 Å². The summed E-state index contributed by atoms with van der Waals surface area (Å²) in [5.41, 5.74) is -0.345. The molecule has 1 aliphatic heterocycles. The molecule has 0 aliphatic carbocycles. The van der Waals surface area contributed by atoms with Crippen LogP contribution in [0.4, 0.5) is 8.78 Å². The van der Waals surface area contributed by atoms with Crippen molar-refractivity contribution in [3.8, 4) is 0 Å². The fraction of sp³-hybridized carbons (Fsp3) is 0.467. The first kappa shape index (κ1) is 18.0. The van der Waals surface area contributed by atoms with Crippen LogP contribution in [0.1, 0.15) is 25.5 Å². The number of carbonyl (C=O) groups is 2. The van der Waals surface area contributed by atoms with Gasteiger partial charge in [-0.1, -0.05) is 0 Å². The van der Waals surface area contributed by atoms with Gasteiger partial charge in [0.25, 0.3) is 5.56 Å². The predicted molar refractivity (Wildman–Crippen MR) is 83.5 cm³/mol. The van der Waals surface area contributed by atoms with Gasteiger partial charge in [0.05, 0.1) is 12.4 Å². The van der Waals surface area contributed by atoms with Gasteiger partial charge in [0.1, 0.15) is 23.7 Å². The standard InChI is InChI=1S/C15H16F2N4O5/c1-6(22)25-4-9-13(26-7(2)23)15(16,17)12(21-9)8-3-18-11-10(8)19-5-20-14(11)24/h3,5,9,12-13,18,21H,4H2,1-2H3,(H,19,20,24). The summed E-state index contributed by atoms with van der Waals surface area (Å²) in [7, 11) is 0. The Morgan fingerprint density at radius 2 is 2.00 bits per heavy atom. The lowest BCUT2D eigenvalue weighted by Gasteiger charge is -2.24. The Bertz CT molecular complexity index is 909. The topological polar surface area (TPSA) is 126 Å². The Hall–Kier alpha value is -2.82. The zero-order valence-electron chi connectivity index (χ0n) is 13.8. The maximum atomic E-state index is 15.0. The Morgan fingerprint density at radius 3 is 2.65 bits per heavy atom. The molecule has 0 spiro atoms. The molecule has 3 unspecified atom stereocenters. The number of rotatable bonds is 4. The van der Waals surface area contributed by atoms with Crippen LogP contribution in [0.5, 0.6) is 0 Å². The second-order valence-corrected chi connectivity index (χ2v) is 5.91. The number of alkyl halides is 2. The van der Waals surface area contributed by atoms with Gasteiger partial charge in [-0.05, 0) is 0 Å². The summed E-state index contributed by atoms with van der Waals surface area (Å²) < 4.78 is 39.6. The molecular weight excluding hydrogens is 354 g/mol. The number of carbonyl (C=O) groups excluding carboxylic acids is 2. The molecule has 11 heteroatoms. The summed E-state index contributed by atoms with van der Waals surface area (Å²) in [6.07, 6.45) is 0.503. The molecule has 0 saturated carbocycles. The second kappa shape index (κ2) is 6.48. The lowest BCUT2D eigenvalue weighted by molar-refractivity contribution is -0.170. The first-order valence-electron chi connectivity index (χ1n) is 7.71. The molecule has 1 aliphatic rings. The number of aromatic amines is 2. The van der Waals surface area contributed by atoms with Gasteiger partial charge in [0.15, 0.2) is 6.10 Å². The first-order chi connectivity index (χ1) is 12.2. The van der Waals surface area contributed by atoms with E-state index in [0.29, 0.717) is 0 Å². The van der Waals surface area contributed by atoms with Crippen LogP contribution in [-0.4, -0.2) is 51.6 Å². The summed E-state index contributed by atoms with van der Waals surface area (Å²) in [4.78, 5) is 42.9. The number of H-pyrrole nitrogens is 2. The minimum absolute atomic E-state index is 0.0403. The van der Waals surface area contributed by atoms with Crippen molar-refractivity contribution in [2.24, 2.45) is 0 Å². The highest BCUT2D eigenvalue weighted by Crippen LogP contribution is 2.44. The molecule has 9 nitrogen and oxygen atoms in total. The van der Waals surface area contributed by atoms with Crippen LogP contribution in [0.25, 0.3) is 11.0 Å². The third-order valence-corrected chi connectivity index (χ3v) is 4.08. The highest BCUT2D eigenvalue weighted by atomic mass is 19.3. The van der Waals surface area contributed by atoms with E-state index in [0.717, 1.165) is 20.2 Å². The maximum Gasteiger partial charge on any atom is 0.305 e. The first-order valence-corrected chi connectivity index (χ1v) is 7.71. The van der Waals surface area contributed by atoms with E-state index in [1.807, 2.05) is 0 Å². The second-order valence-electron chi connectivity index (χ2n) is 5.91. The number of hydrogen-bond donors (Lipinski definition) is 3. The molecule has 1 fully saturated rings. The minimum Gasteiger partial charge on any atom is -0.464 e. The number of halogens is 2. The Kier molecular flexibility index (Phi) is 4.48. The number of ether oxygens (including phenoxy) is 2. The van der Waals surface area contributed by atoms with Crippen LogP contribution in [0, 0.1) is 0 Å². The lowest BCUT2D eigenvalue weighted by atomic mass is 10.0. The van der Waals surface area contributed by atoms with Crippen molar-refractivity contribution in [1.29, 1.82) is 0 Å². The predicted octanol–water partition coefficient (Wildman–Crippen LogP) is 0.394. The highest BCUT2D eigenvalue weighted by Gasteiger charge is 2.60. The maximum absolute atomic E-state index is 15.0. The third kappa shape index (κ3) is 3.05. The molecular formula is C15H16F2N4O5. The molecule has 0 amide bonds. The van der Waals surface area contributed by atoms with Crippen molar-refractivity contribution in [1.82, 2.24) is 20.3 Å². The van der Waals surface area contributed by atoms with E-state index < -0.39 is 48.2 Å². The van der Waals surface area contributed by atoms with Crippen molar-refractivity contribution in [3.05, 3.63) is 28.4 Å². The van der Waals surface area contributed by atoms with Crippen molar-refractivity contribution < 1.29 is 27.8 Å². The summed E-state index contributed by atoms with van der Waals surface area (Å²) in [5, 5.41) is 2.63. The molecule has 3 heterocycles. The van der Waals surface area contributed by atoms with Gasteiger partial charge in [0.2, 0.25) is 0 Å². The zero-order valence-corrected chi connectivity index (χ0v) is 13.8. The summed E-state index contributed by atoms with van der Waals surface area (Å²) in [5.74, 6) is -5.07. The molecule has 2 aromatic heterocycles. The highest BCUT2D eigenvalue weighted by molar-refractivity contribution is 5.78. The third-order valence-electron chi connectivity index (χ3n) is 4.08. The molecule has 3 rings (SSSR count). The van der Waals surface area contributed by atoms with Gasteiger partial charge in [-0.2, -0.15) is 0 Å². The molecule has 140 valence electrons. The van der Waals surface area contributed by atoms with Gasteiger partial charge < -0.3 is 19.4 Å². The molecule has 0 aromatic carbocycles. The van der Waals surface area contributed by atoms with Crippen LogP contribution in [-0.2, 0) is 19.1 Å². The number of fused-ring (bicyclic) bond motifs is 1. The van der Waals surface area contributed by atoms with E-state index in [1.54, 1.807) is 0 Å².